The molecule has 0 nitrogen and oxygen atoms in total. The molecule has 0 aromatic heterocycles. The molecule has 0 bridgehead atoms. The fourth-order valence-electron chi connectivity index (χ4n) is 2.95. The molecule has 64 valence electrons. The van der Waals surface area contributed by atoms with Crippen LogP contribution < -0.4 is 0 Å². The SMILES string of the molecule is C[P+]12CCCCC1CCCC2. The van der Waals surface area contributed by atoms with E-state index < -0.39 is 0 Å². The zero-order chi connectivity index (χ0) is 7.73. The zero-order valence-corrected chi connectivity index (χ0v) is 8.58. The van der Waals surface area contributed by atoms with E-state index >= 15 is 0 Å². The van der Waals surface area contributed by atoms with Crippen LogP contribution in [0.25, 0.3) is 0 Å². The first-order valence-electron chi connectivity index (χ1n) is 5.15. The van der Waals surface area contributed by atoms with Crippen LogP contribution >= 0.6 is 7.26 Å². The van der Waals surface area contributed by atoms with Crippen LogP contribution in [0.1, 0.15) is 38.5 Å². The van der Waals surface area contributed by atoms with Crippen molar-refractivity contribution in [3.8, 4) is 0 Å². The van der Waals surface area contributed by atoms with Gasteiger partial charge in [-0.3, -0.25) is 0 Å². The molecule has 0 spiro atoms. The van der Waals surface area contributed by atoms with E-state index in [1.165, 1.54) is 5.66 Å². The van der Waals surface area contributed by atoms with Gasteiger partial charge in [0.1, 0.15) is 0 Å². The van der Waals surface area contributed by atoms with Gasteiger partial charge in [0.25, 0.3) is 0 Å². The van der Waals surface area contributed by atoms with Crippen molar-refractivity contribution in [2.75, 3.05) is 19.0 Å². The summed E-state index contributed by atoms with van der Waals surface area (Å²) in [5, 5.41) is 0. The van der Waals surface area contributed by atoms with E-state index in [0.717, 1.165) is 0 Å². The summed E-state index contributed by atoms with van der Waals surface area (Å²) in [6, 6.07) is 0. The van der Waals surface area contributed by atoms with Crippen LogP contribution in [0.15, 0.2) is 0 Å². The molecule has 0 aromatic carbocycles. The average molecular weight is 171 g/mol. The van der Waals surface area contributed by atoms with E-state index in [1.54, 1.807) is 50.8 Å². The van der Waals surface area contributed by atoms with Gasteiger partial charge in [-0.05, 0) is 38.5 Å². The third-order valence-corrected chi connectivity index (χ3v) is 8.75. The number of rotatable bonds is 0. The van der Waals surface area contributed by atoms with Crippen molar-refractivity contribution >= 4 is 7.26 Å². The van der Waals surface area contributed by atoms with Crippen LogP contribution in [0.2, 0.25) is 0 Å². The highest BCUT2D eigenvalue weighted by atomic mass is 31.2. The van der Waals surface area contributed by atoms with Gasteiger partial charge in [0.05, 0.1) is 18.0 Å². The fraction of sp³-hybridized carbons (Fsp3) is 1.00. The maximum atomic E-state index is 2.65. The van der Waals surface area contributed by atoms with Crippen molar-refractivity contribution in [2.24, 2.45) is 0 Å². The minimum absolute atomic E-state index is 0.368. The molecule has 0 radical (unpaired) electrons. The molecular weight excluding hydrogens is 151 g/mol. The van der Waals surface area contributed by atoms with Crippen LogP contribution in [0.4, 0.5) is 0 Å². The Kier molecular flexibility index (Phi) is 2.23. The average Bonchev–Trinajstić information content (AvgIpc) is 2.03. The largest absolute Gasteiger partial charge is 0.0695 e. The minimum Gasteiger partial charge on any atom is -0.0461 e. The van der Waals surface area contributed by atoms with Gasteiger partial charge in [-0.1, -0.05) is 0 Å². The summed E-state index contributed by atoms with van der Waals surface area (Å²) >= 11 is 0. The summed E-state index contributed by atoms with van der Waals surface area (Å²) in [5.41, 5.74) is 1.21. The molecule has 0 atom stereocenters. The topological polar surface area (TPSA) is 0 Å². The van der Waals surface area contributed by atoms with Crippen LogP contribution in [0, 0.1) is 0 Å². The Hall–Kier alpha value is 0.430. The number of fused-ring (bicyclic) bond motifs is 1. The van der Waals surface area contributed by atoms with Gasteiger partial charge >= 0.3 is 0 Å². The molecule has 2 saturated heterocycles. The molecule has 2 rings (SSSR count). The lowest BCUT2D eigenvalue weighted by atomic mass is 10.1. The van der Waals surface area contributed by atoms with Gasteiger partial charge in [0, 0.05) is 13.9 Å². The van der Waals surface area contributed by atoms with E-state index in [-0.39, 0.29) is 7.26 Å². The molecule has 0 saturated carbocycles. The van der Waals surface area contributed by atoms with Crippen molar-refractivity contribution in [2.45, 2.75) is 44.2 Å². The molecule has 0 amide bonds. The monoisotopic (exact) mass is 171 g/mol. The van der Waals surface area contributed by atoms with E-state index in [2.05, 4.69) is 6.66 Å². The van der Waals surface area contributed by atoms with Crippen LogP contribution in [-0.4, -0.2) is 24.6 Å². The van der Waals surface area contributed by atoms with Gasteiger partial charge in [0.15, 0.2) is 0 Å². The molecule has 0 aromatic rings. The Labute approximate surface area is 71.1 Å². The van der Waals surface area contributed by atoms with Gasteiger partial charge in [-0.2, -0.15) is 0 Å². The summed E-state index contributed by atoms with van der Waals surface area (Å²) in [7, 11) is -0.368. The highest BCUT2D eigenvalue weighted by Gasteiger charge is 2.44. The van der Waals surface area contributed by atoms with Gasteiger partial charge in [-0.15, -0.1) is 0 Å². The number of hydrogen-bond acceptors (Lipinski definition) is 0. The maximum absolute atomic E-state index is 2.65. The lowest BCUT2D eigenvalue weighted by Crippen LogP contribution is -2.26. The van der Waals surface area contributed by atoms with E-state index in [1.807, 2.05) is 0 Å². The van der Waals surface area contributed by atoms with E-state index in [9.17, 15) is 0 Å². The highest BCUT2D eigenvalue weighted by molar-refractivity contribution is 7.75. The molecule has 2 heterocycles. The molecule has 0 unspecified atom stereocenters. The Bertz CT molecular complexity index is 130. The van der Waals surface area contributed by atoms with Crippen molar-refractivity contribution in [1.29, 1.82) is 0 Å². The molecule has 0 aliphatic carbocycles. The van der Waals surface area contributed by atoms with Gasteiger partial charge in [0.2, 0.25) is 0 Å². The first-order valence-corrected chi connectivity index (χ1v) is 7.83. The van der Waals surface area contributed by atoms with Crippen molar-refractivity contribution in [3.05, 3.63) is 0 Å². The van der Waals surface area contributed by atoms with Crippen molar-refractivity contribution in [1.82, 2.24) is 0 Å². The summed E-state index contributed by atoms with van der Waals surface area (Å²) in [6.45, 7) is 2.65. The van der Waals surface area contributed by atoms with Crippen LogP contribution in [0.5, 0.6) is 0 Å². The fourth-order valence-corrected chi connectivity index (χ4v) is 7.41. The zero-order valence-electron chi connectivity index (χ0n) is 7.68. The Morgan fingerprint density at radius 2 is 1.45 bits per heavy atom. The molecular formula is C10H20P+. The second-order valence-corrected chi connectivity index (χ2v) is 9.16. The van der Waals surface area contributed by atoms with E-state index in [0.29, 0.717) is 0 Å². The van der Waals surface area contributed by atoms with Crippen molar-refractivity contribution < 1.29 is 0 Å². The predicted octanol–water partition coefficient (Wildman–Crippen LogP) is 3.37. The predicted molar refractivity (Wildman–Crippen MR) is 54.1 cm³/mol. The lowest BCUT2D eigenvalue weighted by molar-refractivity contribution is 0.559. The first kappa shape index (κ1) is 8.05. The molecule has 1 heteroatoms. The normalized spacial score (nSPS) is 45.0. The van der Waals surface area contributed by atoms with Gasteiger partial charge in [-0.25, -0.2) is 0 Å². The summed E-state index contributed by atoms with van der Waals surface area (Å²) in [5.74, 6) is 0. The molecule has 2 aliphatic heterocycles. The summed E-state index contributed by atoms with van der Waals surface area (Å²) < 4.78 is 0. The first-order chi connectivity index (χ1) is 5.31. The quantitative estimate of drug-likeness (QED) is 0.490. The Morgan fingerprint density at radius 1 is 0.909 bits per heavy atom. The second-order valence-electron chi connectivity index (χ2n) is 4.57. The lowest BCUT2D eigenvalue weighted by Gasteiger charge is -2.38. The molecule has 0 N–H and O–H groups in total. The van der Waals surface area contributed by atoms with Gasteiger partial charge < -0.3 is 0 Å². The van der Waals surface area contributed by atoms with Crippen LogP contribution in [0.3, 0.4) is 0 Å². The van der Waals surface area contributed by atoms with E-state index in [4.69, 9.17) is 0 Å². The maximum Gasteiger partial charge on any atom is 0.0695 e. The van der Waals surface area contributed by atoms with Crippen molar-refractivity contribution in [3.63, 3.8) is 0 Å². The minimum atomic E-state index is -0.368. The summed E-state index contributed by atoms with van der Waals surface area (Å²) in [4.78, 5) is 0. The standard InChI is InChI=1S/C10H20P/c1-11-8-4-2-6-10(11)7-3-5-9-11/h10H,2-9H2,1H3/q+1. The number of hydrogen-bond donors (Lipinski definition) is 0. The second kappa shape index (κ2) is 3.05. The third-order valence-electron chi connectivity index (χ3n) is 3.79. The molecule has 2 aliphatic rings. The highest BCUT2D eigenvalue weighted by Crippen LogP contribution is 2.67. The smallest absolute Gasteiger partial charge is 0.0461 e. The Morgan fingerprint density at radius 3 is 1.91 bits per heavy atom. The summed E-state index contributed by atoms with van der Waals surface area (Å²) in [6.07, 6.45) is 12.6. The van der Waals surface area contributed by atoms with Crippen LogP contribution in [-0.2, 0) is 0 Å². The molecule has 2 fully saturated rings. The Balaban J connectivity index is 2.06. The third kappa shape index (κ3) is 1.47. The molecule has 11 heavy (non-hydrogen) atoms.